The maximum absolute atomic E-state index is 5.65. The van der Waals surface area contributed by atoms with Crippen LogP contribution in [0, 0.1) is 0 Å². The third-order valence-corrected chi connectivity index (χ3v) is 3.04. The van der Waals surface area contributed by atoms with E-state index in [2.05, 4.69) is 6.08 Å². The molecular weight excluding hydrogens is 176 g/mol. The van der Waals surface area contributed by atoms with E-state index < -0.39 is 0 Å². The zero-order valence-corrected chi connectivity index (χ0v) is 8.84. The lowest BCUT2D eigenvalue weighted by molar-refractivity contribution is -0.155. The number of ether oxygens (including phenoxy) is 2. The molecule has 2 aliphatic rings. The molecule has 0 aromatic heterocycles. The van der Waals surface area contributed by atoms with Crippen LogP contribution in [0.3, 0.4) is 0 Å². The van der Waals surface area contributed by atoms with Crippen LogP contribution in [0.2, 0.25) is 0 Å². The van der Waals surface area contributed by atoms with Crippen molar-refractivity contribution in [3.05, 3.63) is 11.6 Å². The minimum atomic E-state index is 0.0713. The fourth-order valence-corrected chi connectivity index (χ4v) is 2.15. The van der Waals surface area contributed by atoms with Crippen LogP contribution in [-0.2, 0) is 9.47 Å². The van der Waals surface area contributed by atoms with Crippen LogP contribution < -0.4 is 0 Å². The van der Waals surface area contributed by atoms with E-state index in [0.29, 0.717) is 0 Å². The van der Waals surface area contributed by atoms with Gasteiger partial charge >= 0.3 is 0 Å². The van der Waals surface area contributed by atoms with Gasteiger partial charge in [0.15, 0.2) is 6.29 Å². The summed E-state index contributed by atoms with van der Waals surface area (Å²) in [5.41, 5.74) is 1.58. The predicted octanol–water partition coefficient (Wildman–Crippen LogP) is 3.03. The van der Waals surface area contributed by atoms with Gasteiger partial charge in [0.1, 0.15) is 0 Å². The summed E-state index contributed by atoms with van der Waals surface area (Å²) in [6.45, 7) is 1.63. The van der Waals surface area contributed by atoms with Crippen molar-refractivity contribution >= 4 is 0 Å². The van der Waals surface area contributed by atoms with Crippen LogP contribution in [0.25, 0.3) is 0 Å². The first kappa shape index (κ1) is 10.2. The van der Waals surface area contributed by atoms with Crippen LogP contribution in [-0.4, -0.2) is 19.5 Å². The topological polar surface area (TPSA) is 18.5 Å². The average molecular weight is 196 g/mol. The monoisotopic (exact) mass is 196 g/mol. The maximum atomic E-state index is 5.65. The van der Waals surface area contributed by atoms with Crippen molar-refractivity contribution < 1.29 is 9.47 Å². The van der Waals surface area contributed by atoms with Crippen molar-refractivity contribution in [2.45, 2.75) is 51.2 Å². The normalized spacial score (nSPS) is 28.0. The van der Waals surface area contributed by atoms with Crippen LogP contribution in [0.15, 0.2) is 11.6 Å². The average Bonchev–Trinajstić information content (AvgIpc) is 2.72. The lowest BCUT2D eigenvalue weighted by Crippen LogP contribution is -2.22. The molecule has 0 radical (unpaired) electrons. The van der Waals surface area contributed by atoms with E-state index >= 15 is 0 Å². The van der Waals surface area contributed by atoms with Crippen molar-refractivity contribution in [1.29, 1.82) is 0 Å². The molecule has 0 aromatic rings. The van der Waals surface area contributed by atoms with Crippen molar-refractivity contribution in [1.82, 2.24) is 0 Å². The Labute approximate surface area is 86.3 Å². The summed E-state index contributed by atoms with van der Waals surface area (Å²) < 4.78 is 11.1. The van der Waals surface area contributed by atoms with Gasteiger partial charge in [0, 0.05) is 6.61 Å². The van der Waals surface area contributed by atoms with Gasteiger partial charge in [-0.05, 0) is 44.9 Å². The maximum Gasteiger partial charge on any atom is 0.157 e. The van der Waals surface area contributed by atoms with E-state index in [1.807, 2.05) is 0 Å². The molecule has 1 saturated heterocycles. The molecule has 1 saturated carbocycles. The number of hydrogen-bond acceptors (Lipinski definition) is 2. The van der Waals surface area contributed by atoms with Crippen LogP contribution in [0.4, 0.5) is 0 Å². The molecule has 1 atom stereocenters. The molecule has 1 heterocycles. The van der Waals surface area contributed by atoms with Crippen LogP contribution in [0.5, 0.6) is 0 Å². The first-order valence-corrected chi connectivity index (χ1v) is 5.86. The molecule has 80 valence electrons. The predicted molar refractivity (Wildman–Crippen MR) is 56.1 cm³/mol. The summed E-state index contributed by atoms with van der Waals surface area (Å²) in [6, 6.07) is 0. The lowest BCUT2D eigenvalue weighted by atomic mass is 10.2. The fraction of sp³-hybridized carbons (Fsp3) is 0.833. The first-order valence-electron chi connectivity index (χ1n) is 5.86. The zero-order chi connectivity index (χ0) is 9.64. The molecule has 2 fully saturated rings. The highest BCUT2D eigenvalue weighted by Gasteiger charge is 2.13. The van der Waals surface area contributed by atoms with Crippen molar-refractivity contribution in [2.75, 3.05) is 13.2 Å². The number of allylic oxidation sites excluding steroid dienone is 1. The Morgan fingerprint density at radius 1 is 1.21 bits per heavy atom. The summed E-state index contributed by atoms with van der Waals surface area (Å²) in [4.78, 5) is 0. The van der Waals surface area contributed by atoms with Crippen molar-refractivity contribution in [2.24, 2.45) is 0 Å². The number of rotatable bonds is 3. The van der Waals surface area contributed by atoms with E-state index in [1.54, 1.807) is 5.57 Å². The highest BCUT2D eigenvalue weighted by atomic mass is 16.7. The van der Waals surface area contributed by atoms with E-state index in [0.717, 1.165) is 19.6 Å². The first-order chi connectivity index (χ1) is 6.95. The lowest BCUT2D eigenvalue weighted by Gasteiger charge is -2.22. The van der Waals surface area contributed by atoms with Gasteiger partial charge < -0.3 is 9.47 Å². The van der Waals surface area contributed by atoms with Gasteiger partial charge in [0.2, 0.25) is 0 Å². The Morgan fingerprint density at radius 2 is 2.07 bits per heavy atom. The second-order valence-electron chi connectivity index (χ2n) is 4.20. The molecule has 1 aliphatic carbocycles. The van der Waals surface area contributed by atoms with E-state index in [-0.39, 0.29) is 6.29 Å². The van der Waals surface area contributed by atoms with Gasteiger partial charge in [-0.25, -0.2) is 0 Å². The molecule has 1 unspecified atom stereocenters. The molecular formula is C12H20O2. The highest BCUT2D eigenvalue weighted by Crippen LogP contribution is 2.23. The fourth-order valence-electron chi connectivity index (χ4n) is 2.15. The number of hydrogen-bond donors (Lipinski definition) is 0. The highest BCUT2D eigenvalue weighted by molar-refractivity contribution is 5.05. The van der Waals surface area contributed by atoms with E-state index in [1.165, 1.54) is 38.5 Å². The SMILES string of the molecule is C(COC1CCCCO1)=C1CCCC1. The van der Waals surface area contributed by atoms with Gasteiger partial charge in [0.25, 0.3) is 0 Å². The zero-order valence-electron chi connectivity index (χ0n) is 8.84. The Hall–Kier alpha value is -0.340. The Bertz CT molecular complexity index is 184. The molecule has 1 aliphatic heterocycles. The summed E-state index contributed by atoms with van der Waals surface area (Å²) in [5, 5.41) is 0. The summed E-state index contributed by atoms with van der Waals surface area (Å²) in [7, 11) is 0. The molecule has 0 N–H and O–H groups in total. The molecule has 2 nitrogen and oxygen atoms in total. The second kappa shape index (κ2) is 5.52. The minimum absolute atomic E-state index is 0.0713. The standard InChI is InChI=1S/C12H20O2/c1-2-6-11(5-1)8-10-14-12-7-3-4-9-13-12/h8,12H,1-7,9-10H2. The van der Waals surface area contributed by atoms with Crippen molar-refractivity contribution in [3.8, 4) is 0 Å². The van der Waals surface area contributed by atoms with Crippen LogP contribution >= 0.6 is 0 Å². The molecule has 0 spiro atoms. The smallest absolute Gasteiger partial charge is 0.157 e. The van der Waals surface area contributed by atoms with Gasteiger partial charge in [-0.2, -0.15) is 0 Å². The molecule has 2 rings (SSSR count). The Balaban J connectivity index is 1.63. The minimum Gasteiger partial charge on any atom is -0.353 e. The van der Waals surface area contributed by atoms with E-state index in [4.69, 9.17) is 9.47 Å². The summed E-state index contributed by atoms with van der Waals surface area (Å²) in [6.07, 6.45) is 11.2. The third-order valence-electron chi connectivity index (χ3n) is 3.04. The largest absolute Gasteiger partial charge is 0.353 e. The molecule has 0 amide bonds. The Kier molecular flexibility index (Phi) is 4.02. The van der Waals surface area contributed by atoms with Gasteiger partial charge in [-0.1, -0.05) is 11.6 Å². The van der Waals surface area contributed by atoms with Crippen LogP contribution in [0.1, 0.15) is 44.9 Å². The second-order valence-corrected chi connectivity index (χ2v) is 4.20. The molecule has 2 heteroatoms. The van der Waals surface area contributed by atoms with Gasteiger partial charge in [0.05, 0.1) is 6.61 Å². The molecule has 0 aromatic carbocycles. The van der Waals surface area contributed by atoms with Gasteiger partial charge in [-0.15, -0.1) is 0 Å². The van der Waals surface area contributed by atoms with Crippen molar-refractivity contribution in [3.63, 3.8) is 0 Å². The third kappa shape index (κ3) is 3.10. The molecule has 0 bridgehead atoms. The quantitative estimate of drug-likeness (QED) is 0.646. The summed E-state index contributed by atoms with van der Waals surface area (Å²) in [5.74, 6) is 0. The van der Waals surface area contributed by atoms with Gasteiger partial charge in [-0.3, -0.25) is 0 Å². The van der Waals surface area contributed by atoms with E-state index in [9.17, 15) is 0 Å². The Morgan fingerprint density at radius 3 is 2.79 bits per heavy atom. The molecule has 14 heavy (non-hydrogen) atoms. The summed E-state index contributed by atoms with van der Waals surface area (Å²) >= 11 is 0.